The van der Waals surface area contributed by atoms with Gasteiger partial charge in [0.15, 0.2) is 0 Å². The summed E-state index contributed by atoms with van der Waals surface area (Å²) in [7, 11) is -3.59. The first-order valence-corrected chi connectivity index (χ1v) is 6.26. The van der Waals surface area contributed by atoms with E-state index in [0.717, 1.165) is 18.4 Å². The Hall–Kier alpha value is -0.980. The van der Waals surface area contributed by atoms with Crippen LogP contribution in [0.15, 0.2) is 24.5 Å². The zero-order valence-corrected chi connectivity index (χ0v) is 9.02. The second-order valence-electron chi connectivity index (χ2n) is 3.68. The summed E-state index contributed by atoms with van der Waals surface area (Å²) in [4.78, 5) is 3.88. The summed E-state index contributed by atoms with van der Waals surface area (Å²) in [5, 5.41) is 5.15. The molecule has 0 saturated heterocycles. The Bertz CT molecular complexity index is 428. The topological polar surface area (TPSA) is 76.3 Å². The van der Waals surface area contributed by atoms with Gasteiger partial charge in [-0.05, 0) is 30.5 Å². The molecule has 1 fully saturated rings. The van der Waals surface area contributed by atoms with Crippen molar-refractivity contribution >= 4 is 10.2 Å². The van der Waals surface area contributed by atoms with Crippen molar-refractivity contribution in [2.75, 3.05) is 0 Å². The summed E-state index contributed by atoms with van der Waals surface area (Å²) in [5.41, 5.74) is 0.908. The lowest BCUT2D eigenvalue weighted by Crippen LogP contribution is -2.37. The highest BCUT2D eigenvalue weighted by Gasteiger charge is 2.35. The lowest BCUT2D eigenvalue weighted by molar-refractivity contribution is 0.399. The Morgan fingerprint density at radius 3 is 2.47 bits per heavy atom. The van der Waals surface area contributed by atoms with E-state index in [1.54, 1.807) is 24.5 Å². The lowest BCUT2D eigenvalue weighted by atomic mass is 10.3. The van der Waals surface area contributed by atoms with Gasteiger partial charge in [-0.15, -0.1) is 0 Å². The molecule has 1 aliphatic rings. The van der Waals surface area contributed by atoms with E-state index in [-0.39, 0.29) is 6.04 Å². The number of hydrogen-bond acceptors (Lipinski definition) is 3. The Labute approximate surface area is 89.1 Å². The number of pyridine rings is 1. The highest BCUT2D eigenvalue weighted by Crippen LogP contribution is 2.29. The minimum atomic E-state index is -3.59. The van der Waals surface area contributed by atoms with E-state index in [2.05, 4.69) is 4.98 Å². The van der Waals surface area contributed by atoms with Crippen molar-refractivity contribution in [3.63, 3.8) is 0 Å². The number of rotatable bonds is 4. The standard InChI is InChI=1S/C9H13N3O2S/c10-15(13,14)12(9-1-2-9)7-8-3-5-11-6-4-8/h3-6,9H,1-2,7H2,(H2,10,13,14). The van der Waals surface area contributed by atoms with Crippen LogP contribution in [-0.2, 0) is 16.8 Å². The molecule has 0 atom stereocenters. The maximum absolute atomic E-state index is 11.3. The molecule has 0 aromatic carbocycles. The highest BCUT2D eigenvalue weighted by molar-refractivity contribution is 7.86. The van der Waals surface area contributed by atoms with Crippen LogP contribution in [0, 0.1) is 0 Å². The molecule has 6 heteroatoms. The fourth-order valence-corrected chi connectivity index (χ4v) is 2.41. The molecule has 0 unspecified atom stereocenters. The Morgan fingerprint density at radius 1 is 1.40 bits per heavy atom. The molecule has 0 amide bonds. The number of nitrogens with zero attached hydrogens (tertiary/aromatic N) is 2. The maximum Gasteiger partial charge on any atom is 0.277 e. The summed E-state index contributed by atoms with van der Waals surface area (Å²) in [6, 6.07) is 3.68. The van der Waals surface area contributed by atoms with Gasteiger partial charge in [0.05, 0.1) is 0 Å². The van der Waals surface area contributed by atoms with E-state index in [9.17, 15) is 8.42 Å². The second kappa shape index (κ2) is 3.88. The molecule has 2 rings (SSSR count). The van der Waals surface area contributed by atoms with E-state index in [0.29, 0.717) is 6.54 Å². The van der Waals surface area contributed by atoms with Crippen LogP contribution in [-0.4, -0.2) is 23.7 Å². The molecule has 1 aliphatic carbocycles. The van der Waals surface area contributed by atoms with Gasteiger partial charge in [-0.2, -0.15) is 12.7 Å². The molecule has 0 spiro atoms. The Morgan fingerprint density at radius 2 is 2.00 bits per heavy atom. The van der Waals surface area contributed by atoms with E-state index in [4.69, 9.17) is 5.14 Å². The monoisotopic (exact) mass is 227 g/mol. The third-order valence-corrected chi connectivity index (χ3v) is 3.45. The summed E-state index contributed by atoms with van der Waals surface area (Å²) < 4.78 is 24.0. The second-order valence-corrected chi connectivity index (χ2v) is 5.18. The summed E-state index contributed by atoms with van der Waals surface area (Å²) >= 11 is 0. The first-order valence-electron chi connectivity index (χ1n) is 4.76. The molecule has 82 valence electrons. The summed E-state index contributed by atoms with van der Waals surface area (Å²) in [6.07, 6.45) is 5.09. The fraction of sp³-hybridized carbons (Fsp3) is 0.444. The van der Waals surface area contributed by atoms with Gasteiger partial charge in [-0.25, -0.2) is 5.14 Å². The molecule has 1 heterocycles. The molecular weight excluding hydrogens is 214 g/mol. The zero-order valence-electron chi connectivity index (χ0n) is 8.20. The highest BCUT2D eigenvalue weighted by atomic mass is 32.2. The Kier molecular flexibility index (Phi) is 2.72. The first-order chi connectivity index (χ1) is 7.07. The normalized spacial score (nSPS) is 16.9. The predicted molar refractivity (Wildman–Crippen MR) is 55.9 cm³/mol. The quantitative estimate of drug-likeness (QED) is 0.801. The van der Waals surface area contributed by atoms with Gasteiger partial charge in [0.25, 0.3) is 10.2 Å². The molecule has 5 nitrogen and oxygen atoms in total. The number of aromatic nitrogens is 1. The smallest absolute Gasteiger partial charge is 0.265 e. The van der Waals surface area contributed by atoms with Crippen LogP contribution in [0.4, 0.5) is 0 Å². The zero-order chi connectivity index (χ0) is 10.9. The van der Waals surface area contributed by atoms with Gasteiger partial charge in [-0.1, -0.05) is 0 Å². The van der Waals surface area contributed by atoms with Gasteiger partial charge in [0.2, 0.25) is 0 Å². The van der Waals surface area contributed by atoms with Crippen LogP contribution >= 0.6 is 0 Å². The minimum Gasteiger partial charge on any atom is -0.265 e. The third-order valence-electron chi connectivity index (χ3n) is 2.37. The van der Waals surface area contributed by atoms with E-state index in [1.165, 1.54) is 4.31 Å². The molecule has 2 N–H and O–H groups in total. The molecule has 1 aromatic heterocycles. The van der Waals surface area contributed by atoms with E-state index < -0.39 is 10.2 Å². The van der Waals surface area contributed by atoms with Gasteiger partial charge < -0.3 is 0 Å². The molecule has 15 heavy (non-hydrogen) atoms. The average Bonchev–Trinajstić information content (AvgIpc) is 2.97. The summed E-state index contributed by atoms with van der Waals surface area (Å²) in [6.45, 7) is 0.339. The summed E-state index contributed by atoms with van der Waals surface area (Å²) in [5.74, 6) is 0. The van der Waals surface area contributed by atoms with Gasteiger partial charge in [0.1, 0.15) is 0 Å². The van der Waals surface area contributed by atoms with Crippen LogP contribution in [0.2, 0.25) is 0 Å². The van der Waals surface area contributed by atoms with Crippen molar-refractivity contribution in [1.82, 2.24) is 9.29 Å². The van der Waals surface area contributed by atoms with Crippen molar-refractivity contribution in [2.24, 2.45) is 5.14 Å². The van der Waals surface area contributed by atoms with Gasteiger partial charge in [-0.3, -0.25) is 4.98 Å². The van der Waals surface area contributed by atoms with Gasteiger partial charge >= 0.3 is 0 Å². The largest absolute Gasteiger partial charge is 0.277 e. The van der Waals surface area contributed by atoms with Crippen molar-refractivity contribution in [2.45, 2.75) is 25.4 Å². The molecule has 0 radical (unpaired) electrons. The molecular formula is C9H13N3O2S. The number of hydrogen-bond donors (Lipinski definition) is 1. The van der Waals surface area contributed by atoms with Crippen LogP contribution in [0.5, 0.6) is 0 Å². The van der Waals surface area contributed by atoms with Crippen LogP contribution in [0.1, 0.15) is 18.4 Å². The predicted octanol–water partition coefficient (Wildman–Crippen LogP) is 0.250. The molecule has 0 aliphatic heterocycles. The van der Waals surface area contributed by atoms with Crippen molar-refractivity contribution < 1.29 is 8.42 Å². The molecule has 0 bridgehead atoms. The maximum atomic E-state index is 11.3. The minimum absolute atomic E-state index is 0.0909. The van der Waals surface area contributed by atoms with Crippen molar-refractivity contribution in [3.8, 4) is 0 Å². The van der Waals surface area contributed by atoms with Crippen LogP contribution < -0.4 is 5.14 Å². The molecule has 1 aromatic rings. The van der Waals surface area contributed by atoms with E-state index >= 15 is 0 Å². The SMILES string of the molecule is NS(=O)(=O)N(Cc1ccncc1)C1CC1. The molecule has 1 saturated carbocycles. The van der Waals surface area contributed by atoms with Crippen LogP contribution in [0.3, 0.4) is 0 Å². The van der Waals surface area contributed by atoms with E-state index in [1.807, 2.05) is 0 Å². The first kappa shape index (κ1) is 10.5. The number of nitrogens with two attached hydrogens (primary N) is 1. The third kappa shape index (κ3) is 2.74. The van der Waals surface area contributed by atoms with Gasteiger partial charge in [0, 0.05) is 25.0 Å². The Balaban J connectivity index is 2.14. The fourth-order valence-electron chi connectivity index (χ4n) is 1.46. The van der Waals surface area contributed by atoms with Crippen molar-refractivity contribution in [1.29, 1.82) is 0 Å². The van der Waals surface area contributed by atoms with Crippen molar-refractivity contribution in [3.05, 3.63) is 30.1 Å². The van der Waals surface area contributed by atoms with Crippen LogP contribution in [0.25, 0.3) is 0 Å². The average molecular weight is 227 g/mol. The lowest BCUT2D eigenvalue weighted by Gasteiger charge is -2.18.